The Bertz CT molecular complexity index is 367. The summed E-state index contributed by atoms with van der Waals surface area (Å²) in [5.74, 6) is 0.687. The summed E-state index contributed by atoms with van der Waals surface area (Å²) in [5, 5.41) is 4.01. The Morgan fingerprint density at radius 3 is 2.76 bits per heavy atom. The summed E-state index contributed by atoms with van der Waals surface area (Å²) in [4.78, 5) is 6.53. The highest BCUT2D eigenvalue weighted by Gasteiger charge is 2.26. The van der Waals surface area contributed by atoms with E-state index in [1.807, 2.05) is 0 Å². The third kappa shape index (κ3) is 2.28. The molecule has 3 rings (SSSR count). The molecular formula is C11H18N4O2. The molecule has 6 nitrogen and oxygen atoms in total. The maximum Gasteiger partial charge on any atom is 0.324 e. The van der Waals surface area contributed by atoms with E-state index in [1.165, 1.54) is 0 Å². The highest BCUT2D eigenvalue weighted by molar-refractivity contribution is 5.26. The minimum absolute atomic E-state index is 0.0274. The maximum atomic E-state index is 5.87. The Hall–Kier alpha value is -1.14. The number of nitrogens with zero attached hydrogens (tertiary/aromatic N) is 3. The number of piperidine rings is 1. The van der Waals surface area contributed by atoms with Gasteiger partial charge in [-0.05, 0) is 25.7 Å². The number of rotatable bonds is 2. The van der Waals surface area contributed by atoms with E-state index in [9.17, 15) is 0 Å². The number of anilines is 1. The van der Waals surface area contributed by atoms with Gasteiger partial charge in [-0.15, -0.1) is 0 Å². The lowest BCUT2D eigenvalue weighted by atomic mass is 10.1. The number of hydrogen-bond donors (Lipinski definition) is 1. The van der Waals surface area contributed by atoms with Crippen molar-refractivity contribution in [3.8, 4) is 0 Å². The van der Waals surface area contributed by atoms with Crippen LogP contribution in [0.2, 0.25) is 0 Å². The Morgan fingerprint density at radius 2 is 2.06 bits per heavy atom. The summed E-state index contributed by atoms with van der Waals surface area (Å²) in [5.41, 5.74) is 5.87. The van der Waals surface area contributed by atoms with Gasteiger partial charge >= 0.3 is 6.01 Å². The van der Waals surface area contributed by atoms with Crippen LogP contribution in [0.1, 0.15) is 37.6 Å². The summed E-state index contributed by atoms with van der Waals surface area (Å²) in [6.07, 6.45) is 4.06. The normalized spacial score (nSPS) is 26.6. The van der Waals surface area contributed by atoms with Crippen molar-refractivity contribution in [3.63, 3.8) is 0 Å². The van der Waals surface area contributed by atoms with Crippen LogP contribution in [-0.4, -0.2) is 35.9 Å². The van der Waals surface area contributed by atoms with E-state index in [0.29, 0.717) is 17.9 Å². The van der Waals surface area contributed by atoms with Crippen molar-refractivity contribution in [2.24, 2.45) is 5.73 Å². The molecule has 2 fully saturated rings. The predicted molar refractivity (Wildman–Crippen MR) is 61.6 cm³/mol. The zero-order valence-corrected chi connectivity index (χ0v) is 9.84. The van der Waals surface area contributed by atoms with Gasteiger partial charge in [0.05, 0.1) is 0 Å². The van der Waals surface area contributed by atoms with Crippen molar-refractivity contribution in [2.75, 3.05) is 24.6 Å². The van der Waals surface area contributed by atoms with Gasteiger partial charge in [0, 0.05) is 25.7 Å². The summed E-state index contributed by atoms with van der Waals surface area (Å²) in [6.45, 7) is 2.59. The summed E-state index contributed by atoms with van der Waals surface area (Å²) < 4.78 is 10.8. The van der Waals surface area contributed by atoms with Crippen molar-refractivity contribution < 1.29 is 9.26 Å². The van der Waals surface area contributed by atoms with Crippen LogP contribution >= 0.6 is 0 Å². The molecule has 2 saturated heterocycles. The molecule has 94 valence electrons. The van der Waals surface area contributed by atoms with Gasteiger partial charge in [-0.2, -0.15) is 4.98 Å². The predicted octanol–water partition coefficient (Wildman–Crippen LogP) is 0.849. The minimum atomic E-state index is 0.0274. The van der Waals surface area contributed by atoms with Crippen molar-refractivity contribution in [1.29, 1.82) is 0 Å². The van der Waals surface area contributed by atoms with Crippen molar-refractivity contribution in [3.05, 3.63) is 5.82 Å². The number of nitrogens with two attached hydrogens (primary N) is 1. The fourth-order valence-corrected chi connectivity index (χ4v) is 2.36. The molecule has 0 bridgehead atoms. The van der Waals surface area contributed by atoms with E-state index >= 15 is 0 Å². The number of hydrogen-bond acceptors (Lipinski definition) is 6. The fraction of sp³-hybridized carbons (Fsp3) is 0.818. The van der Waals surface area contributed by atoms with Crippen LogP contribution in [0.3, 0.4) is 0 Å². The van der Waals surface area contributed by atoms with Crippen LogP contribution in [0.4, 0.5) is 6.01 Å². The van der Waals surface area contributed by atoms with E-state index in [4.69, 9.17) is 15.0 Å². The molecule has 1 atom stereocenters. The lowest BCUT2D eigenvalue weighted by Crippen LogP contribution is -2.39. The van der Waals surface area contributed by atoms with Crippen molar-refractivity contribution in [1.82, 2.24) is 10.1 Å². The molecule has 1 unspecified atom stereocenters. The Kier molecular flexibility index (Phi) is 2.98. The Morgan fingerprint density at radius 1 is 1.24 bits per heavy atom. The monoisotopic (exact) mass is 238 g/mol. The van der Waals surface area contributed by atoms with Crippen LogP contribution < -0.4 is 10.6 Å². The fourth-order valence-electron chi connectivity index (χ4n) is 2.36. The van der Waals surface area contributed by atoms with E-state index in [-0.39, 0.29) is 6.10 Å². The van der Waals surface area contributed by atoms with Gasteiger partial charge < -0.3 is 19.9 Å². The first-order valence-corrected chi connectivity index (χ1v) is 6.28. The molecular weight excluding hydrogens is 220 g/mol. The lowest BCUT2D eigenvalue weighted by molar-refractivity contribution is 0.103. The molecule has 0 aliphatic carbocycles. The molecule has 0 saturated carbocycles. The molecule has 17 heavy (non-hydrogen) atoms. The van der Waals surface area contributed by atoms with E-state index < -0.39 is 0 Å². The second-order valence-corrected chi connectivity index (χ2v) is 4.76. The first-order valence-electron chi connectivity index (χ1n) is 6.28. The van der Waals surface area contributed by atoms with E-state index in [0.717, 1.165) is 45.4 Å². The van der Waals surface area contributed by atoms with E-state index in [1.54, 1.807) is 0 Å². The first-order chi connectivity index (χ1) is 8.33. The molecule has 2 aliphatic rings. The standard InChI is InChI=1S/C11H18N4O2/c12-8-3-5-15(6-4-8)11-13-10(14-17-11)9-2-1-7-16-9/h8-9H,1-7,12H2. The van der Waals surface area contributed by atoms with Crippen molar-refractivity contribution >= 4 is 6.01 Å². The second kappa shape index (κ2) is 4.62. The average Bonchev–Trinajstić information content (AvgIpc) is 3.00. The Labute approximate surface area is 100 Å². The molecule has 0 amide bonds. The van der Waals surface area contributed by atoms with Gasteiger partial charge in [-0.1, -0.05) is 5.16 Å². The van der Waals surface area contributed by atoms with Gasteiger partial charge in [0.25, 0.3) is 0 Å². The van der Waals surface area contributed by atoms with Crippen molar-refractivity contribution in [2.45, 2.75) is 37.8 Å². The van der Waals surface area contributed by atoms with Gasteiger partial charge in [-0.3, -0.25) is 0 Å². The smallest absolute Gasteiger partial charge is 0.324 e. The summed E-state index contributed by atoms with van der Waals surface area (Å²) >= 11 is 0. The van der Waals surface area contributed by atoms with Gasteiger partial charge in [0.2, 0.25) is 5.82 Å². The third-order valence-electron chi connectivity index (χ3n) is 3.46. The lowest BCUT2D eigenvalue weighted by Gasteiger charge is -2.28. The highest BCUT2D eigenvalue weighted by atomic mass is 16.5. The number of ether oxygens (including phenoxy) is 1. The topological polar surface area (TPSA) is 77.4 Å². The number of aromatic nitrogens is 2. The average molecular weight is 238 g/mol. The zero-order valence-electron chi connectivity index (χ0n) is 9.84. The van der Waals surface area contributed by atoms with E-state index in [2.05, 4.69) is 15.0 Å². The van der Waals surface area contributed by atoms with Gasteiger partial charge in [0.15, 0.2) is 0 Å². The van der Waals surface area contributed by atoms with Crippen LogP contribution in [0.15, 0.2) is 4.52 Å². The van der Waals surface area contributed by atoms with Crippen LogP contribution in [0.5, 0.6) is 0 Å². The highest BCUT2D eigenvalue weighted by Crippen LogP contribution is 2.28. The van der Waals surface area contributed by atoms with Gasteiger partial charge in [0.1, 0.15) is 6.10 Å². The molecule has 3 heterocycles. The van der Waals surface area contributed by atoms with Crippen LogP contribution in [0, 0.1) is 0 Å². The summed E-state index contributed by atoms with van der Waals surface area (Å²) in [7, 11) is 0. The molecule has 1 aromatic rings. The van der Waals surface area contributed by atoms with Crippen LogP contribution in [-0.2, 0) is 4.74 Å². The zero-order chi connectivity index (χ0) is 11.7. The molecule has 2 aliphatic heterocycles. The third-order valence-corrected chi connectivity index (χ3v) is 3.46. The van der Waals surface area contributed by atoms with Crippen LogP contribution in [0.25, 0.3) is 0 Å². The molecule has 6 heteroatoms. The summed E-state index contributed by atoms with van der Waals surface area (Å²) in [6, 6.07) is 0.925. The molecule has 0 radical (unpaired) electrons. The minimum Gasteiger partial charge on any atom is -0.370 e. The quantitative estimate of drug-likeness (QED) is 0.823. The molecule has 0 aromatic carbocycles. The largest absolute Gasteiger partial charge is 0.370 e. The van der Waals surface area contributed by atoms with Gasteiger partial charge in [-0.25, -0.2) is 0 Å². The Balaban J connectivity index is 1.67. The molecule has 2 N–H and O–H groups in total. The maximum absolute atomic E-state index is 5.87. The molecule has 0 spiro atoms. The molecule has 1 aromatic heterocycles. The SMILES string of the molecule is NC1CCN(c2nc(C3CCCO3)no2)CC1. The first kappa shape index (κ1) is 11.0. The second-order valence-electron chi connectivity index (χ2n) is 4.76.